The van der Waals surface area contributed by atoms with Crippen LogP contribution in [0.3, 0.4) is 0 Å². The van der Waals surface area contributed by atoms with Crippen molar-refractivity contribution in [1.82, 2.24) is 10.6 Å². The number of hydrogen-bond donors (Lipinski definition) is 2. The molecule has 0 aromatic rings. The van der Waals surface area contributed by atoms with E-state index in [0.29, 0.717) is 6.54 Å². The molecule has 0 heterocycles. The number of carbonyl (C=O) groups is 1. The Morgan fingerprint density at radius 3 is 2.50 bits per heavy atom. The van der Waals surface area contributed by atoms with E-state index in [0.717, 1.165) is 13.0 Å². The summed E-state index contributed by atoms with van der Waals surface area (Å²) in [6.45, 7) is 7.69. The van der Waals surface area contributed by atoms with Gasteiger partial charge >= 0.3 is 0 Å². The van der Waals surface area contributed by atoms with Crippen LogP contribution in [0.4, 0.5) is 0 Å². The molecule has 2 N–H and O–H groups in total. The van der Waals surface area contributed by atoms with Crippen molar-refractivity contribution in [2.24, 2.45) is 0 Å². The van der Waals surface area contributed by atoms with Gasteiger partial charge in [-0.2, -0.15) is 0 Å². The van der Waals surface area contributed by atoms with Gasteiger partial charge in [-0.1, -0.05) is 26.2 Å². The fourth-order valence-corrected chi connectivity index (χ4v) is 1.29. The number of amides is 1. The van der Waals surface area contributed by atoms with Crippen molar-refractivity contribution in [3.05, 3.63) is 0 Å². The highest BCUT2D eigenvalue weighted by Gasteiger charge is 2.09. The molecule has 1 atom stereocenters. The zero-order chi connectivity index (χ0) is 10.8. The number of nitrogens with one attached hydrogen (secondary N) is 2. The monoisotopic (exact) mass is 200 g/mol. The molecule has 1 amide bonds. The molecule has 0 aliphatic heterocycles. The van der Waals surface area contributed by atoms with Crippen LogP contribution in [0.15, 0.2) is 0 Å². The van der Waals surface area contributed by atoms with E-state index in [2.05, 4.69) is 17.6 Å². The SMILES string of the molecule is CCCCCCNC(C)C(=O)NCC. The lowest BCUT2D eigenvalue weighted by Gasteiger charge is -2.12. The van der Waals surface area contributed by atoms with E-state index in [1.54, 1.807) is 0 Å². The van der Waals surface area contributed by atoms with Crippen molar-refractivity contribution in [3.63, 3.8) is 0 Å². The van der Waals surface area contributed by atoms with Crippen molar-refractivity contribution >= 4 is 5.91 Å². The highest BCUT2D eigenvalue weighted by molar-refractivity contribution is 5.81. The minimum atomic E-state index is -0.0587. The molecule has 0 saturated heterocycles. The highest BCUT2D eigenvalue weighted by Crippen LogP contribution is 1.97. The predicted molar refractivity (Wildman–Crippen MR) is 60.3 cm³/mol. The lowest BCUT2D eigenvalue weighted by molar-refractivity contribution is -0.122. The van der Waals surface area contributed by atoms with Crippen LogP contribution in [0, 0.1) is 0 Å². The molecule has 0 radical (unpaired) electrons. The van der Waals surface area contributed by atoms with Gasteiger partial charge in [-0.05, 0) is 26.8 Å². The molecule has 0 aromatic carbocycles. The Labute approximate surface area is 87.6 Å². The van der Waals surface area contributed by atoms with Gasteiger partial charge in [0.15, 0.2) is 0 Å². The lowest BCUT2D eigenvalue weighted by Crippen LogP contribution is -2.42. The first-order chi connectivity index (χ1) is 6.72. The lowest BCUT2D eigenvalue weighted by atomic mass is 10.2. The molecule has 14 heavy (non-hydrogen) atoms. The average Bonchev–Trinajstić information content (AvgIpc) is 2.17. The first kappa shape index (κ1) is 13.4. The third-order valence-corrected chi connectivity index (χ3v) is 2.23. The summed E-state index contributed by atoms with van der Waals surface area (Å²) in [4.78, 5) is 11.3. The van der Waals surface area contributed by atoms with Crippen molar-refractivity contribution in [1.29, 1.82) is 0 Å². The maximum absolute atomic E-state index is 11.3. The van der Waals surface area contributed by atoms with Gasteiger partial charge in [0.25, 0.3) is 0 Å². The van der Waals surface area contributed by atoms with Crippen molar-refractivity contribution < 1.29 is 4.79 Å². The quantitative estimate of drug-likeness (QED) is 0.585. The van der Waals surface area contributed by atoms with Gasteiger partial charge in [0.1, 0.15) is 0 Å². The maximum Gasteiger partial charge on any atom is 0.236 e. The second-order valence-corrected chi connectivity index (χ2v) is 3.63. The van der Waals surface area contributed by atoms with Gasteiger partial charge in [-0.25, -0.2) is 0 Å². The van der Waals surface area contributed by atoms with Gasteiger partial charge < -0.3 is 10.6 Å². The van der Waals surface area contributed by atoms with E-state index in [1.807, 2.05) is 13.8 Å². The van der Waals surface area contributed by atoms with E-state index in [1.165, 1.54) is 19.3 Å². The number of likely N-dealkylation sites (N-methyl/N-ethyl adjacent to an activating group) is 1. The summed E-state index contributed by atoms with van der Waals surface area (Å²) in [5, 5.41) is 6.01. The molecule has 0 spiro atoms. The van der Waals surface area contributed by atoms with Crippen molar-refractivity contribution in [3.8, 4) is 0 Å². The molecule has 0 saturated carbocycles. The van der Waals surface area contributed by atoms with E-state index < -0.39 is 0 Å². The molecule has 3 heteroatoms. The van der Waals surface area contributed by atoms with Gasteiger partial charge in [-0.3, -0.25) is 4.79 Å². The first-order valence-corrected chi connectivity index (χ1v) is 5.73. The number of carbonyl (C=O) groups excluding carboxylic acids is 1. The van der Waals surface area contributed by atoms with Crippen molar-refractivity contribution in [2.45, 2.75) is 52.5 Å². The number of unbranched alkanes of at least 4 members (excludes halogenated alkanes) is 3. The van der Waals surface area contributed by atoms with Crippen LogP contribution in [0.25, 0.3) is 0 Å². The van der Waals surface area contributed by atoms with E-state index in [-0.39, 0.29) is 11.9 Å². The minimum Gasteiger partial charge on any atom is -0.355 e. The van der Waals surface area contributed by atoms with E-state index in [9.17, 15) is 4.79 Å². The summed E-state index contributed by atoms with van der Waals surface area (Å²) in [5.41, 5.74) is 0. The Balaban J connectivity index is 3.34. The Kier molecular flexibility index (Phi) is 8.64. The van der Waals surface area contributed by atoms with Gasteiger partial charge in [0.2, 0.25) is 5.91 Å². The van der Waals surface area contributed by atoms with Crippen LogP contribution in [0.2, 0.25) is 0 Å². The van der Waals surface area contributed by atoms with Crippen LogP contribution >= 0.6 is 0 Å². The summed E-state index contributed by atoms with van der Waals surface area (Å²) < 4.78 is 0. The van der Waals surface area contributed by atoms with Crippen LogP contribution in [0.1, 0.15) is 46.5 Å². The summed E-state index contributed by atoms with van der Waals surface area (Å²) >= 11 is 0. The topological polar surface area (TPSA) is 41.1 Å². The van der Waals surface area contributed by atoms with Crippen molar-refractivity contribution in [2.75, 3.05) is 13.1 Å². The number of hydrogen-bond acceptors (Lipinski definition) is 2. The highest BCUT2D eigenvalue weighted by atomic mass is 16.2. The molecule has 3 nitrogen and oxygen atoms in total. The third kappa shape index (κ3) is 6.89. The molecule has 0 rings (SSSR count). The van der Waals surface area contributed by atoms with E-state index in [4.69, 9.17) is 0 Å². The van der Waals surface area contributed by atoms with E-state index >= 15 is 0 Å². The molecule has 0 aromatic heterocycles. The standard InChI is InChI=1S/C11H24N2O/c1-4-6-7-8-9-13-10(3)11(14)12-5-2/h10,13H,4-9H2,1-3H3,(H,12,14). The molecular formula is C11H24N2O. The maximum atomic E-state index is 11.3. The Morgan fingerprint density at radius 2 is 1.93 bits per heavy atom. The van der Waals surface area contributed by atoms with Crippen LogP contribution in [-0.4, -0.2) is 25.0 Å². The second kappa shape index (κ2) is 9.00. The molecule has 84 valence electrons. The summed E-state index contributed by atoms with van der Waals surface area (Å²) in [6.07, 6.45) is 4.96. The fraction of sp³-hybridized carbons (Fsp3) is 0.909. The van der Waals surface area contributed by atoms with Crippen LogP contribution in [-0.2, 0) is 4.79 Å². The van der Waals surface area contributed by atoms with Crippen LogP contribution in [0.5, 0.6) is 0 Å². The Morgan fingerprint density at radius 1 is 1.21 bits per heavy atom. The fourth-order valence-electron chi connectivity index (χ4n) is 1.29. The average molecular weight is 200 g/mol. The van der Waals surface area contributed by atoms with Gasteiger partial charge in [0, 0.05) is 6.54 Å². The van der Waals surface area contributed by atoms with Crippen LogP contribution < -0.4 is 10.6 Å². The predicted octanol–water partition coefficient (Wildman–Crippen LogP) is 1.68. The number of rotatable bonds is 8. The molecule has 0 bridgehead atoms. The van der Waals surface area contributed by atoms with Gasteiger partial charge in [0.05, 0.1) is 6.04 Å². The Hall–Kier alpha value is -0.570. The third-order valence-electron chi connectivity index (χ3n) is 2.23. The molecule has 1 unspecified atom stereocenters. The second-order valence-electron chi connectivity index (χ2n) is 3.63. The normalized spacial score (nSPS) is 12.5. The smallest absolute Gasteiger partial charge is 0.236 e. The summed E-state index contributed by atoms with van der Waals surface area (Å²) in [6, 6.07) is -0.0587. The minimum absolute atomic E-state index is 0.0587. The molecule has 0 fully saturated rings. The largest absolute Gasteiger partial charge is 0.355 e. The molecular weight excluding hydrogens is 176 g/mol. The summed E-state index contributed by atoms with van der Waals surface area (Å²) in [7, 11) is 0. The zero-order valence-electron chi connectivity index (χ0n) is 9.73. The molecule has 0 aliphatic carbocycles. The zero-order valence-corrected chi connectivity index (χ0v) is 9.73. The Bertz CT molecular complexity index is 148. The molecule has 0 aliphatic rings. The summed E-state index contributed by atoms with van der Waals surface area (Å²) in [5.74, 6) is 0.1000. The van der Waals surface area contributed by atoms with Gasteiger partial charge in [-0.15, -0.1) is 0 Å². The first-order valence-electron chi connectivity index (χ1n) is 5.73.